The van der Waals surface area contributed by atoms with Gasteiger partial charge in [0.2, 0.25) is 5.91 Å². The maximum atomic E-state index is 11.9. The molecule has 0 fully saturated rings. The van der Waals surface area contributed by atoms with Gasteiger partial charge in [0.1, 0.15) is 0 Å². The molecule has 5 nitrogen and oxygen atoms in total. The third-order valence-electron chi connectivity index (χ3n) is 3.65. The molecule has 2 rings (SSSR count). The molecule has 0 spiro atoms. The number of aromatic amines is 1. The first-order valence-corrected chi connectivity index (χ1v) is 7.58. The summed E-state index contributed by atoms with van der Waals surface area (Å²) in [7, 11) is 0. The van der Waals surface area contributed by atoms with Gasteiger partial charge in [-0.3, -0.25) is 9.89 Å². The van der Waals surface area contributed by atoms with Crippen LogP contribution in [0.5, 0.6) is 0 Å². The number of benzene rings is 1. The molecule has 23 heavy (non-hydrogen) atoms. The average molecular weight is 337 g/mol. The van der Waals surface area contributed by atoms with Gasteiger partial charge in [-0.1, -0.05) is 38.1 Å². The first-order valence-electron chi connectivity index (χ1n) is 7.58. The normalized spacial score (nSPS) is 11.9. The average Bonchev–Trinajstić information content (AvgIpc) is 2.90. The maximum Gasteiger partial charge on any atom is 0.226 e. The molecule has 0 aliphatic rings. The summed E-state index contributed by atoms with van der Waals surface area (Å²) >= 11 is 0. The van der Waals surface area contributed by atoms with Crippen LogP contribution in [0.25, 0.3) is 0 Å². The number of hydrogen-bond acceptors (Lipinski definition) is 3. The van der Waals surface area contributed by atoms with E-state index in [2.05, 4.69) is 41.5 Å². The number of amides is 1. The first kappa shape index (κ1) is 19.2. The van der Waals surface area contributed by atoms with Crippen LogP contribution in [0.3, 0.4) is 0 Å². The van der Waals surface area contributed by atoms with E-state index in [-0.39, 0.29) is 30.8 Å². The number of nitrogens with one attached hydrogen (secondary N) is 2. The number of aryl methyl sites for hydroxylation is 1. The number of nitrogens with two attached hydrogens (primary N) is 1. The number of hydrogen-bond donors (Lipinski definition) is 3. The van der Waals surface area contributed by atoms with Gasteiger partial charge in [0.15, 0.2) is 0 Å². The molecule has 2 aromatic rings. The standard InChI is InChI=1S/C17H24N4O.ClH/c1-11(2)13-4-6-14(7-5-13)16(18)10-19-17(22)9-15-8-12(3)20-21-15;/h4-8,11,16H,9-10,18H2,1-3H3,(H,19,22)(H,20,21);1H. The van der Waals surface area contributed by atoms with Crippen LogP contribution in [0.4, 0.5) is 0 Å². The topological polar surface area (TPSA) is 83.8 Å². The van der Waals surface area contributed by atoms with Gasteiger partial charge in [0.05, 0.1) is 12.1 Å². The fourth-order valence-electron chi connectivity index (χ4n) is 2.26. The zero-order chi connectivity index (χ0) is 16.1. The van der Waals surface area contributed by atoms with Crippen molar-refractivity contribution in [2.75, 3.05) is 6.54 Å². The highest BCUT2D eigenvalue weighted by atomic mass is 35.5. The molecule has 0 saturated carbocycles. The lowest BCUT2D eigenvalue weighted by Crippen LogP contribution is -2.32. The minimum Gasteiger partial charge on any atom is -0.354 e. The van der Waals surface area contributed by atoms with Gasteiger partial charge < -0.3 is 11.1 Å². The number of rotatable bonds is 6. The Morgan fingerprint density at radius 1 is 1.26 bits per heavy atom. The van der Waals surface area contributed by atoms with Gasteiger partial charge in [-0.25, -0.2) is 0 Å². The molecule has 1 amide bonds. The van der Waals surface area contributed by atoms with E-state index in [1.807, 2.05) is 25.1 Å². The van der Waals surface area contributed by atoms with Crippen molar-refractivity contribution in [3.05, 3.63) is 52.8 Å². The highest BCUT2D eigenvalue weighted by molar-refractivity contribution is 5.85. The molecule has 1 aromatic carbocycles. The second-order valence-corrected chi connectivity index (χ2v) is 5.95. The Kier molecular flexibility index (Phi) is 7.26. The largest absolute Gasteiger partial charge is 0.354 e. The Bertz CT molecular complexity index is 622. The molecular formula is C17H25ClN4O. The minimum atomic E-state index is -0.203. The highest BCUT2D eigenvalue weighted by Crippen LogP contribution is 2.17. The van der Waals surface area contributed by atoms with Crippen LogP contribution < -0.4 is 11.1 Å². The van der Waals surface area contributed by atoms with Crippen molar-refractivity contribution < 1.29 is 4.79 Å². The maximum absolute atomic E-state index is 11.9. The Morgan fingerprint density at radius 2 is 1.87 bits per heavy atom. The summed E-state index contributed by atoms with van der Waals surface area (Å²) in [5.74, 6) is 0.433. The summed E-state index contributed by atoms with van der Waals surface area (Å²) in [5, 5.41) is 9.73. The molecule has 1 atom stereocenters. The van der Waals surface area contributed by atoms with Crippen molar-refractivity contribution >= 4 is 18.3 Å². The van der Waals surface area contributed by atoms with Crippen molar-refractivity contribution in [3.8, 4) is 0 Å². The quantitative estimate of drug-likeness (QED) is 0.758. The second-order valence-electron chi connectivity index (χ2n) is 5.95. The van der Waals surface area contributed by atoms with Crippen molar-refractivity contribution in [1.29, 1.82) is 0 Å². The van der Waals surface area contributed by atoms with Gasteiger partial charge >= 0.3 is 0 Å². The van der Waals surface area contributed by atoms with Gasteiger partial charge in [-0.15, -0.1) is 12.4 Å². The van der Waals surface area contributed by atoms with E-state index in [1.165, 1.54) is 5.56 Å². The van der Waals surface area contributed by atoms with Crippen LogP contribution in [0, 0.1) is 6.92 Å². The monoisotopic (exact) mass is 336 g/mol. The Hall–Kier alpha value is -1.85. The number of halogens is 1. The lowest BCUT2D eigenvalue weighted by Gasteiger charge is -2.14. The lowest BCUT2D eigenvalue weighted by molar-refractivity contribution is -0.120. The van der Waals surface area contributed by atoms with Gasteiger partial charge in [0, 0.05) is 18.3 Å². The number of carbonyl (C=O) groups excluding carboxylic acids is 1. The third-order valence-corrected chi connectivity index (χ3v) is 3.65. The van der Waals surface area contributed by atoms with Crippen LogP contribution in [-0.4, -0.2) is 22.6 Å². The zero-order valence-electron chi connectivity index (χ0n) is 13.8. The summed E-state index contributed by atoms with van der Waals surface area (Å²) in [6.07, 6.45) is 0.267. The molecule has 6 heteroatoms. The predicted molar refractivity (Wildman–Crippen MR) is 94.7 cm³/mol. The van der Waals surface area contributed by atoms with Crippen LogP contribution in [0.2, 0.25) is 0 Å². The Labute approximate surface area is 143 Å². The predicted octanol–water partition coefficient (Wildman–Crippen LogP) is 2.62. The van der Waals surface area contributed by atoms with E-state index in [4.69, 9.17) is 5.73 Å². The van der Waals surface area contributed by atoms with E-state index in [0.717, 1.165) is 17.0 Å². The van der Waals surface area contributed by atoms with E-state index in [9.17, 15) is 4.79 Å². The zero-order valence-corrected chi connectivity index (χ0v) is 14.6. The Balaban J connectivity index is 0.00000264. The molecule has 0 radical (unpaired) electrons. The second kappa shape index (κ2) is 8.70. The van der Waals surface area contributed by atoms with Crippen LogP contribution in [-0.2, 0) is 11.2 Å². The first-order chi connectivity index (χ1) is 10.5. The van der Waals surface area contributed by atoms with Crippen molar-refractivity contribution in [3.63, 3.8) is 0 Å². The van der Waals surface area contributed by atoms with E-state index in [1.54, 1.807) is 0 Å². The fraction of sp³-hybridized carbons (Fsp3) is 0.412. The van der Waals surface area contributed by atoms with E-state index < -0.39 is 0 Å². The van der Waals surface area contributed by atoms with Gasteiger partial charge in [-0.2, -0.15) is 5.10 Å². The summed E-state index contributed by atoms with van der Waals surface area (Å²) in [6, 6.07) is 9.91. The van der Waals surface area contributed by atoms with E-state index in [0.29, 0.717) is 12.5 Å². The summed E-state index contributed by atoms with van der Waals surface area (Å²) in [5.41, 5.74) is 10.1. The molecular weight excluding hydrogens is 312 g/mol. The van der Waals surface area contributed by atoms with Crippen LogP contribution in [0.15, 0.2) is 30.3 Å². The third kappa shape index (κ3) is 5.69. The number of aromatic nitrogens is 2. The SMILES string of the molecule is Cc1cc(CC(=O)NCC(N)c2ccc(C(C)C)cc2)n[nH]1.Cl. The van der Waals surface area contributed by atoms with Crippen molar-refractivity contribution in [2.45, 2.75) is 39.2 Å². The number of nitrogens with zero attached hydrogens (tertiary/aromatic N) is 1. The van der Waals surface area contributed by atoms with Crippen LogP contribution >= 0.6 is 12.4 Å². The molecule has 0 aliphatic heterocycles. The highest BCUT2D eigenvalue weighted by Gasteiger charge is 2.10. The molecule has 4 N–H and O–H groups in total. The molecule has 1 heterocycles. The van der Waals surface area contributed by atoms with E-state index >= 15 is 0 Å². The van der Waals surface area contributed by atoms with Crippen LogP contribution in [0.1, 0.15) is 48.3 Å². The molecule has 126 valence electrons. The minimum absolute atomic E-state index is 0. The fourth-order valence-corrected chi connectivity index (χ4v) is 2.26. The number of H-pyrrole nitrogens is 1. The van der Waals surface area contributed by atoms with Crippen molar-refractivity contribution in [1.82, 2.24) is 15.5 Å². The smallest absolute Gasteiger partial charge is 0.226 e. The molecule has 1 unspecified atom stereocenters. The van der Waals surface area contributed by atoms with Crippen molar-refractivity contribution in [2.24, 2.45) is 5.73 Å². The lowest BCUT2D eigenvalue weighted by atomic mass is 9.99. The number of carbonyl (C=O) groups is 1. The summed E-state index contributed by atoms with van der Waals surface area (Å²) in [6.45, 7) is 6.65. The Morgan fingerprint density at radius 3 is 2.39 bits per heavy atom. The van der Waals surface area contributed by atoms with Gasteiger partial charge in [-0.05, 0) is 30.0 Å². The molecule has 1 aromatic heterocycles. The summed E-state index contributed by atoms with van der Waals surface area (Å²) < 4.78 is 0. The van der Waals surface area contributed by atoms with Gasteiger partial charge in [0.25, 0.3) is 0 Å². The molecule has 0 saturated heterocycles. The molecule has 0 aliphatic carbocycles. The summed E-state index contributed by atoms with van der Waals surface area (Å²) in [4.78, 5) is 11.9. The molecule has 0 bridgehead atoms.